The molecule has 0 bridgehead atoms. The number of nitrogens with one attached hydrogen (secondary N) is 1. The Bertz CT molecular complexity index is 1300. The van der Waals surface area contributed by atoms with Gasteiger partial charge >= 0.3 is 5.97 Å². The topological polar surface area (TPSA) is 82.5 Å². The first-order chi connectivity index (χ1) is 16.9. The minimum absolute atomic E-state index is 0.0898. The number of aliphatic carboxylic acids is 1. The van der Waals surface area contributed by atoms with Gasteiger partial charge in [0.1, 0.15) is 0 Å². The minimum atomic E-state index is -0.947. The standard InChI is InChI=1S/C27H24BrN3O3S/c1-18-2-6-20(7-3-18)24-17-35-27(30-24)31(16-19-4-10-22(28)11-5-19)23-12-8-21(9-13-23)26(34)29-15-14-25(32)33/h2-13,17H,14-16H2,1H3,(H,29,34)(H,32,33). The number of amides is 1. The number of anilines is 2. The van der Waals surface area contributed by atoms with Gasteiger partial charge in [0.15, 0.2) is 5.13 Å². The molecule has 0 aliphatic heterocycles. The van der Waals surface area contributed by atoms with Gasteiger partial charge in [-0.3, -0.25) is 9.59 Å². The van der Waals surface area contributed by atoms with Crippen LogP contribution in [0.2, 0.25) is 0 Å². The summed E-state index contributed by atoms with van der Waals surface area (Å²) in [6.07, 6.45) is -0.113. The van der Waals surface area contributed by atoms with Crippen LogP contribution in [0.4, 0.5) is 10.8 Å². The van der Waals surface area contributed by atoms with E-state index in [2.05, 4.69) is 74.8 Å². The maximum atomic E-state index is 12.4. The van der Waals surface area contributed by atoms with E-state index in [0.29, 0.717) is 12.1 Å². The average Bonchev–Trinajstić information content (AvgIpc) is 3.34. The zero-order valence-corrected chi connectivity index (χ0v) is 21.5. The summed E-state index contributed by atoms with van der Waals surface area (Å²) in [6, 6.07) is 23.7. The summed E-state index contributed by atoms with van der Waals surface area (Å²) in [6.45, 7) is 2.76. The van der Waals surface area contributed by atoms with Crippen LogP contribution in [0.15, 0.2) is 82.6 Å². The predicted octanol–water partition coefficient (Wildman–Crippen LogP) is 6.42. The summed E-state index contributed by atoms with van der Waals surface area (Å²) in [5, 5.41) is 14.3. The van der Waals surface area contributed by atoms with Crippen molar-refractivity contribution < 1.29 is 14.7 Å². The monoisotopic (exact) mass is 549 g/mol. The predicted molar refractivity (Wildman–Crippen MR) is 143 cm³/mol. The van der Waals surface area contributed by atoms with Gasteiger partial charge in [0.2, 0.25) is 0 Å². The molecule has 35 heavy (non-hydrogen) atoms. The molecule has 0 aliphatic carbocycles. The van der Waals surface area contributed by atoms with E-state index < -0.39 is 5.97 Å². The van der Waals surface area contributed by atoms with Crippen LogP contribution < -0.4 is 10.2 Å². The summed E-state index contributed by atoms with van der Waals surface area (Å²) in [7, 11) is 0. The lowest BCUT2D eigenvalue weighted by Crippen LogP contribution is -2.26. The van der Waals surface area contributed by atoms with Gasteiger partial charge < -0.3 is 15.3 Å². The number of aromatic nitrogens is 1. The molecule has 3 aromatic carbocycles. The molecular formula is C27H24BrN3O3S. The highest BCUT2D eigenvalue weighted by Gasteiger charge is 2.16. The first kappa shape index (κ1) is 24.6. The fraction of sp³-hybridized carbons (Fsp3) is 0.148. The Morgan fingerprint density at radius 1 is 1.00 bits per heavy atom. The second kappa shape index (κ2) is 11.3. The van der Waals surface area contributed by atoms with E-state index in [0.717, 1.165) is 32.1 Å². The molecule has 0 aliphatic rings. The van der Waals surface area contributed by atoms with E-state index in [1.54, 1.807) is 23.5 Å². The maximum Gasteiger partial charge on any atom is 0.305 e. The molecule has 1 amide bonds. The summed E-state index contributed by atoms with van der Waals surface area (Å²) in [4.78, 5) is 30.1. The number of carboxylic acids is 1. The van der Waals surface area contributed by atoms with Crippen LogP contribution in [0.1, 0.15) is 27.9 Å². The largest absolute Gasteiger partial charge is 0.481 e. The number of hydrogen-bond acceptors (Lipinski definition) is 5. The zero-order chi connectivity index (χ0) is 24.8. The molecule has 0 radical (unpaired) electrons. The first-order valence-electron chi connectivity index (χ1n) is 11.0. The number of rotatable bonds is 9. The Hall–Kier alpha value is -3.49. The van der Waals surface area contributed by atoms with Gasteiger partial charge in [-0.25, -0.2) is 4.98 Å². The van der Waals surface area contributed by atoms with Crippen molar-refractivity contribution in [1.82, 2.24) is 10.3 Å². The molecule has 4 rings (SSSR count). The molecule has 0 spiro atoms. The normalized spacial score (nSPS) is 10.7. The van der Waals surface area contributed by atoms with Gasteiger partial charge in [0.25, 0.3) is 5.91 Å². The molecule has 1 aromatic heterocycles. The summed E-state index contributed by atoms with van der Waals surface area (Å²) < 4.78 is 1.02. The van der Waals surface area contributed by atoms with Gasteiger partial charge in [-0.1, -0.05) is 57.9 Å². The molecular weight excluding hydrogens is 526 g/mol. The van der Waals surface area contributed by atoms with Crippen LogP contribution in [-0.4, -0.2) is 28.5 Å². The fourth-order valence-corrected chi connectivity index (χ4v) is 4.58. The third-order valence-corrected chi connectivity index (χ3v) is 6.78. The molecule has 0 fully saturated rings. The number of halogens is 1. The quantitative estimate of drug-likeness (QED) is 0.251. The van der Waals surface area contributed by atoms with Crippen LogP contribution >= 0.6 is 27.3 Å². The van der Waals surface area contributed by atoms with Crippen LogP contribution in [0.5, 0.6) is 0 Å². The second-order valence-electron chi connectivity index (χ2n) is 8.04. The third-order valence-electron chi connectivity index (χ3n) is 5.39. The van der Waals surface area contributed by atoms with Crippen molar-refractivity contribution >= 4 is 50.0 Å². The molecule has 8 heteroatoms. The number of hydrogen-bond donors (Lipinski definition) is 2. The zero-order valence-electron chi connectivity index (χ0n) is 19.1. The highest BCUT2D eigenvalue weighted by Crippen LogP contribution is 2.34. The maximum absolute atomic E-state index is 12.4. The highest BCUT2D eigenvalue weighted by atomic mass is 79.9. The summed E-state index contributed by atoms with van der Waals surface area (Å²) in [5.41, 5.74) is 5.68. The number of thiazole rings is 1. The molecule has 0 saturated heterocycles. The van der Waals surface area contributed by atoms with Crippen LogP contribution in [-0.2, 0) is 11.3 Å². The lowest BCUT2D eigenvalue weighted by molar-refractivity contribution is -0.136. The Morgan fingerprint density at radius 3 is 2.34 bits per heavy atom. The number of carbonyl (C=O) groups excluding carboxylic acids is 1. The molecule has 0 unspecified atom stereocenters. The summed E-state index contributed by atoms with van der Waals surface area (Å²) in [5.74, 6) is -1.24. The van der Waals surface area contributed by atoms with E-state index in [4.69, 9.17) is 10.1 Å². The van der Waals surface area contributed by atoms with Gasteiger partial charge in [0.05, 0.1) is 18.7 Å². The molecule has 6 nitrogen and oxygen atoms in total. The molecule has 0 saturated carbocycles. The van der Waals surface area contributed by atoms with Crippen LogP contribution in [0, 0.1) is 6.92 Å². The number of aryl methyl sites for hydroxylation is 1. The van der Waals surface area contributed by atoms with Crippen molar-refractivity contribution in [3.05, 3.63) is 99.3 Å². The van der Waals surface area contributed by atoms with Crippen molar-refractivity contribution in [2.75, 3.05) is 11.4 Å². The highest BCUT2D eigenvalue weighted by molar-refractivity contribution is 9.10. The van der Waals surface area contributed by atoms with Crippen molar-refractivity contribution in [2.45, 2.75) is 19.9 Å². The van der Waals surface area contributed by atoms with Gasteiger partial charge in [-0.05, 0) is 48.9 Å². The van der Waals surface area contributed by atoms with E-state index in [1.165, 1.54) is 5.56 Å². The molecule has 178 valence electrons. The van der Waals surface area contributed by atoms with Crippen LogP contribution in [0.3, 0.4) is 0 Å². The summed E-state index contributed by atoms with van der Waals surface area (Å²) >= 11 is 5.06. The van der Waals surface area contributed by atoms with Gasteiger partial charge in [0, 0.05) is 33.2 Å². The number of carboxylic acid groups (broad SMARTS) is 1. The molecule has 2 N–H and O–H groups in total. The third kappa shape index (κ3) is 6.55. The SMILES string of the molecule is Cc1ccc(-c2csc(N(Cc3ccc(Br)cc3)c3ccc(C(=O)NCCC(=O)O)cc3)n2)cc1. The first-order valence-corrected chi connectivity index (χ1v) is 12.7. The van der Waals surface area contributed by atoms with Crippen molar-refractivity contribution in [3.8, 4) is 11.3 Å². The number of carbonyl (C=O) groups is 2. The van der Waals surface area contributed by atoms with Gasteiger partial charge in [-0.2, -0.15) is 0 Å². The smallest absolute Gasteiger partial charge is 0.305 e. The van der Waals surface area contributed by atoms with Crippen molar-refractivity contribution in [3.63, 3.8) is 0 Å². The van der Waals surface area contributed by atoms with Crippen molar-refractivity contribution in [1.29, 1.82) is 0 Å². The number of benzene rings is 3. The molecule has 0 atom stereocenters. The Balaban J connectivity index is 1.60. The Morgan fingerprint density at radius 2 is 1.69 bits per heavy atom. The lowest BCUT2D eigenvalue weighted by atomic mass is 10.1. The van der Waals surface area contributed by atoms with Crippen molar-refractivity contribution in [2.24, 2.45) is 0 Å². The number of nitrogens with zero attached hydrogens (tertiary/aromatic N) is 2. The second-order valence-corrected chi connectivity index (χ2v) is 9.79. The van der Waals surface area contributed by atoms with E-state index >= 15 is 0 Å². The van der Waals surface area contributed by atoms with Crippen LogP contribution in [0.25, 0.3) is 11.3 Å². The molecule has 4 aromatic rings. The van der Waals surface area contributed by atoms with E-state index in [1.807, 2.05) is 24.3 Å². The lowest BCUT2D eigenvalue weighted by Gasteiger charge is -2.22. The van der Waals surface area contributed by atoms with E-state index in [9.17, 15) is 9.59 Å². The minimum Gasteiger partial charge on any atom is -0.481 e. The molecule has 1 heterocycles. The Kier molecular flexibility index (Phi) is 7.94. The average molecular weight is 550 g/mol. The Labute approximate surface area is 216 Å². The van der Waals surface area contributed by atoms with Gasteiger partial charge in [-0.15, -0.1) is 11.3 Å². The van der Waals surface area contributed by atoms with E-state index in [-0.39, 0.29) is 18.9 Å². The fourth-order valence-electron chi connectivity index (χ4n) is 3.46.